The number of aliphatic carboxylic acids is 1. The van der Waals surface area contributed by atoms with Crippen LogP contribution in [0.1, 0.15) is 18.9 Å². The molecule has 1 aromatic rings. The van der Waals surface area contributed by atoms with Crippen molar-refractivity contribution in [2.45, 2.75) is 18.9 Å². The van der Waals surface area contributed by atoms with Gasteiger partial charge in [-0.05, 0) is 19.1 Å². The zero-order valence-electron chi connectivity index (χ0n) is 11.2. The molecule has 2 rings (SSSR count). The number of halogens is 2. The molecule has 0 bridgehead atoms. The van der Waals surface area contributed by atoms with Crippen LogP contribution in [0.3, 0.4) is 0 Å². The van der Waals surface area contributed by atoms with E-state index in [1.54, 1.807) is 11.8 Å². The van der Waals surface area contributed by atoms with Gasteiger partial charge in [0, 0.05) is 18.7 Å². The van der Waals surface area contributed by atoms with Gasteiger partial charge < -0.3 is 9.84 Å². The highest BCUT2D eigenvalue weighted by molar-refractivity contribution is 5.69. The molecule has 0 aliphatic carbocycles. The van der Waals surface area contributed by atoms with Gasteiger partial charge in [0.15, 0.2) is 0 Å². The van der Waals surface area contributed by atoms with E-state index in [0.717, 1.165) is 12.1 Å². The number of nitrogens with zero attached hydrogens (tertiary/aromatic N) is 1. The second-order valence-electron chi connectivity index (χ2n) is 5.04. The van der Waals surface area contributed by atoms with Gasteiger partial charge in [-0.2, -0.15) is 0 Å². The molecule has 6 heteroatoms. The van der Waals surface area contributed by atoms with Gasteiger partial charge in [0.05, 0.1) is 25.2 Å². The summed E-state index contributed by atoms with van der Waals surface area (Å²) in [7, 11) is 0. The number of hydrogen-bond donors (Lipinski definition) is 1. The summed E-state index contributed by atoms with van der Waals surface area (Å²) >= 11 is 0. The topological polar surface area (TPSA) is 49.8 Å². The third-order valence-corrected chi connectivity index (χ3v) is 3.71. The molecule has 1 N–H and O–H groups in total. The van der Waals surface area contributed by atoms with Gasteiger partial charge in [-0.25, -0.2) is 8.78 Å². The molecule has 0 saturated carbocycles. The third kappa shape index (κ3) is 2.81. The van der Waals surface area contributed by atoms with E-state index in [9.17, 15) is 13.6 Å². The van der Waals surface area contributed by atoms with E-state index in [2.05, 4.69) is 0 Å². The molecule has 1 saturated heterocycles. The molecule has 0 amide bonds. The predicted molar refractivity (Wildman–Crippen MR) is 68.4 cm³/mol. The van der Waals surface area contributed by atoms with Crippen molar-refractivity contribution in [1.82, 2.24) is 4.90 Å². The van der Waals surface area contributed by atoms with Gasteiger partial charge in [-0.1, -0.05) is 6.07 Å². The summed E-state index contributed by atoms with van der Waals surface area (Å²) in [5.41, 5.74) is -1.42. The van der Waals surface area contributed by atoms with Crippen LogP contribution < -0.4 is 0 Å². The first kappa shape index (κ1) is 14.9. The van der Waals surface area contributed by atoms with Gasteiger partial charge in [0.25, 0.3) is 0 Å². The number of carbonyl (C=O) groups is 1. The van der Waals surface area contributed by atoms with Crippen LogP contribution in [0, 0.1) is 11.6 Å². The maximum Gasteiger partial charge on any atom is 0.305 e. The lowest BCUT2D eigenvalue weighted by molar-refractivity contribution is -0.141. The summed E-state index contributed by atoms with van der Waals surface area (Å²) in [5, 5.41) is 9.12. The van der Waals surface area contributed by atoms with E-state index in [0.29, 0.717) is 26.3 Å². The van der Waals surface area contributed by atoms with Gasteiger partial charge >= 0.3 is 5.97 Å². The van der Waals surface area contributed by atoms with Gasteiger partial charge in [-0.3, -0.25) is 9.69 Å². The minimum atomic E-state index is -1.23. The highest BCUT2D eigenvalue weighted by atomic mass is 19.1. The van der Waals surface area contributed by atoms with Crippen LogP contribution in [-0.4, -0.2) is 42.3 Å². The Bertz CT molecular complexity index is 483. The highest BCUT2D eigenvalue weighted by Gasteiger charge is 2.40. The van der Waals surface area contributed by atoms with Crippen LogP contribution in [0.15, 0.2) is 18.2 Å². The molecule has 20 heavy (non-hydrogen) atoms. The first-order valence-electron chi connectivity index (χ1n) is 6.44. The summed E-state index contributed by atoms with van der Waals surface area (Å²) in [6.07, 6.45) is -0.370. The van der Waals surface area contributed by atoms with Crippen molar-refractivity contribution < 1.29 is 23.4 Å². The van der Waals surface area contributed by atoms with E-state index in [-0.39, 0.29) is 12.0 Å². The van der Waals surface area contributed by atoms with Crippen molar-refractivity contribution >= 4 is 5.97 Å². The number of benzene rings is 1. The minimum absolute atomic E-state index is 0.190. The number of rotatable bonds is 4. The lowest BCUT2D eigenvalue weighted by atomic mass is 9.85. The maximum absolute atomic E-state index is 14.1. The number of carboxylic acids is 1. The molecule has 1 aromatic carbocycles. The molecule has 1 heterocycles. The maximum atomic E-state index is 14.1. The van der Waals surface area contributed by atoms with E-state index >= 15 is 0 Å². The van der Waals surface area contributed by atoms with Crippen LogP contribution >= 0.6 is 0 Å². The van der Waals surface area contributed by atoms with Gasteiger partial charge in [0.1, 0.15) is 11.6 Å². The molecule has 1 fully saturated rings. The zero-order valence-corrected chi connectivity index (χ0v) is 11.2. The fraction of sp³-hybridized carbons (Fsp3) is 0.500. The molecule has 1 aliphatic rings. The standard InChI is InChI=1S/C14H17F2NO3/c1-14(9-12(18)19,17-5-7-20-8-6-17)13-10(15)3-2-4-11(13)16/h2-4H,5-9H2,1H3,(H,18,19). The van der Waals surface area contributed by atoms with Crippen molar-refractivity contribution in [3.05, 3.63) is 35.4 Å². The lowest BCUT2D eigenvalue weighted by Gasteiger charge is -2.43. The van der Waals surface area contributed by atoms with E-state index in [4.69, 9.17) is 9.84 Å². The Morgan fingerprint density at radius 1 is 1.35 bits per heavy atom. The monoisotopic (exact) mass is 285 g/mol. The molecule has 0 radical (unpaired) electrons. The number of hydrogen-bond acceptors (Lipinski definition) is 3. The fourth-order valence-electron chi connectivity index (χ4n) is 2.72. The smallest absolute Gasteiger partial charge is 0.305 e. The first-order valence-corrected chi connectivity index (χ1v) is 6.44. The number of ether oxygens (including phenoxy) is 1. The lowest BCUT2D eigenvalue weighted by Crippen LogP contribution is -2.51. The van der Waals surface area contributed by atoms with Crippen molar-refractivity contribution in [2.75, 3.05) is 26.3 Å². The molecular formula is C14H17F2NO3. The Hall–Kier alpha value is -1.53. The Kier molecular flexibility index (Phi) is 4.35. The molecule has 1 atom stereocenters. The van der Waals surface area contributed by atoms with E-state index in [1.807, 2.05) is 0 Å². The van der Waals surface area contributed by atoms with Crippen LogP contribution in [-0.2, 0) is 15.1 Å². The predicted octanol–water partition coefficient (Wildman–Crippen LogP) is 1.99. The largest absolute Gasteiger partial charge is 0.481 e. The fourth-order valence-corrected chi connectivity index (χ4v) is 2.72. The molecule has 0 aromatic heterocycles. The van der Waals surface area contributed by atoms with Crippen molar-refractivity contribution in [3.8, 4) is 0 Å². The summed E-state index contributed by atoms with van der Waals surface area (Å²) in [6.45, 7) is 3.29. The molecular weight excluding hydrogens is 268 g/mol. The van der Waals surface area contributed by atoms with Crippen LogP contribution in [0.2, 0.25) is 0 Å². The van der Waals surface area contributed by atoms with Crippen LogP contribution in [0.5, 0.6) is 0 Å². The third-order valence-electron chi connectivity index (χ3n) is 3.71. The second-order valence-corrected chi connectivity index (χ2v) is 5.04. The van der Waals surface area contributed by atoms with Crippen molar-refractivity contribution in [1.29, 1.82) is 0 Å². The highest BCUT2D eigenvalue weighted by Crippen LogP contribution is 2.36. The number of carboxylic acid groups (broad SMARTS) is 1. The molecule has 1 aliphatic heterocycles. The van der Waals surface area contributed by atoms with Crippen LogP contribution in [0.4, 0.5) is 8.78 Å². The summed E-state index contributed by atoms with van der Waals surface area (Å²) in [4.78, 5) is 12.9. The minimum Gasteiger partial charge on any atom is -0.481 e. The van der Waals surface area contributed by atoms with Crippen molar-refractivity contribution in [3.63, 3.8) is 0 Å². The quantitative estimate of drug-likeness (QED) is 0.919. The molecule has 1 unspecified atom stereocenters. The molecule has 110 valence electrons. The molecule has 4 nitrogen and oxygen atoms in total. The average molecular weight is 285 g/mol. The Morgan fingerprint density at radius 2 is 1.90 bits per heavy atom. The SMILES string of the molecule is CC(CC(=O)O)(c1c(F)cccc1F)N1CCOCC1. The van der Waals surface area contributed by atoms with Gasteiger partial charge in [-0.15, -0.1) is 0 Å². The Balaban J connectivity index is 2.47. The second kappa shape index (κ2) is 5.85. The Morgan fingerprint density at radius 3 is 2.40 bits per heavy atom. The van der Waals surface area contributed by atoms with E-state index < -0.39 is 23.1 Å². The van der Waals surface area contributed by atoms with Gasteiger partial charge in [0.2, 0.25) is 0 Å². The van der Waals surface area contributed by atoms with Crippen molar-refractivity contribution in [2.24, 2.45) is 0 Å². The Labute approximate surface area is 116 Å². The normalized spacial score (nSPS) is 19.6. The number of morpholine rings is 1. The van der Waals surface area contributed by atoms with Crippen LogP contribution in [0.25, 0.3) is 0 Å². The van der Waals surface area contributed by atoms with E-state index in [1.165, 1.54) is 6.07 Å². The molecule has 0 spiro atoms. The first-order chi connectivity index (χ1) is 9.45. The zero-order chi connectivity index (χ0) is 14.8. The summed E-state index contributed by atoms with van der Waals surface area (Å²) in [6, 6.07) is 3.58. The summed E-state index contributed by atoms with van der Waals surface area (Å²) < 4.78 is 33.3. The average Bonchev–Trinajstić information content (AvgIpc) is 2.38. The summed E-state index contributed by atoms with van der Waals surface area (Å²) in [5.74, 6) is -2.54.